The van der Waals surface area contributed by atoms with Gasteiger partial charge in [-0.15, -0.1) is 0 Å². The monoisotopic (exact) mass is 424 g/mol. The van der Waals surface area contributed by atoms with Gasteiger partial charge in [-0.1, -0.05) is 70.6 Å². The average molecular weight is 425 g/mol. The standard InChI is InChI=1S/C27H36O4/c1-4-6-8-10-17-30-25-19-21(3)15-16-24(25)26(28)22-13-12-14-23(20-22)27(29)31-18-11-9-7-5-2/h12-16,19-20H,4-11,17-18H2,1-3H3. The van der Waals surface area contributed by atoms with Crippen LogP contribution in [0.15, 0.2) is 42.5 Å². The third-order valence-electron chi connectivity index (χ3n) is 5.23. The van der Waals surface area contributed by atoms with Gasteiger partial charge in [0.1, 0.15) is 5.75 Å². The maximum atomic E-state index is 13.2. The largest absolute Gasteiger partial charge is 0.493 e. The molecule has 0 radical (unpaired) electrons. The molecule has 0 amide bonds. The predicted octanol–water partition coefficient (Wildman–Crippen LogP) is 6.92. The summed E-state index contributed by atoms with van der Waals surface area (Å²) >= 11 is 0. The summed E-state index contributed by atoms with van der Waals surface area (Å²) in [6.07, 6.45) is 8.64. The number of ketones is 1. The Morgan fingerprint density at radius 1 is 0.774 bits per heavy atom. The minimum Gasteiger partial charge on any atom is -0.493 e. The van der Waals surface area contributed by atoms with Gasteiger partial charge in [0, 0.05) is 5.56 Å². The molecule has 168 valence electrons. The lowest BCUT2D eigenvalue weighted by Crippen LogP contribution is -2.10. The number of ether oxygens (including phenoxy) is 2. The molecule has 0 fully saturated rings. The number of hydrogen-bond acceptors (Lipinski definition) is 4. The number of esters is 1. The van der Waals surface area contributed by atoms with Crippen LogP contribution in [0.5, 0.6) is 5.75 Å². The van der Waals surface area contributed by atoms with Crippen LogP contribution < -0.4 is 4.74 Å². The number of rotatable bonds is 14. The first-order chi connectivity index (χ1) is 15.1. The van der Waals surface area contributed by atoms with Crippen molar-refractivity contribution in [2.75, 3.05) is 13.2 Å². The molecule has 4 heteroatoms. The van der Waals surface area contributed by atoms with E-state index in [1.165, 1.54) is 12.8 Å². The molecule has 0 saturated carbocycles. The zero-order valence-electron chi connectivity index (χ0n) is 19.2. The van der Waals surface area contributed by atoms with E-state index in [1.54, 1.807) is 30.3 Å². The molecule has 0 aliphatic carbocycles. The second-order valence-electron chi connectivity index (χ2n) is 8.02. The van der Waals surface area contributed by atoms with Crippen LogP contribution >= 0.6 is 0 Å². The highest BCUT2D eigenvalue weighted by Gasteiger charge is 2.17. The van der Waals surface area contributed by atoms with Crippen molar-refractivity contribution in [3.63, 3.8) is 0 Å². The van der Waals surface area contributed by atoms with Crippen molar-refractivity contribution in [1.29, 1.82) is 0 Å². The molecular weight excluding hydrogens is 388 g/mol. The van der Waals surface area contributed by atoms with Crippen LogP contribution in [0.1, 0.15) is 97.1 Å². The van der Waals surface area contributed by atoms with Gasteiger partial charge in [-0.3, -0.25) is 4.79 Å². The molecule has 31 heavy (non-hydrogen) atoms. The molecule has 0 spiro atoms. The summed E-state index contributed by atoms with van der Waals surface area (Å²) in [7, 11) is 0. The van der Waals surface area contributed by atoms with Crippen LogP contribution in [0.25, 0.3) is 0 Å². The molecule has 0 heterocycles. The lowest BCUT2D eigenvalue weighted by molar-refractivity contribution is 0.0498. The molecule has 2 aromatic carbocycles. The van der Waals surface area contributed by atoms with Crippen LogP contribution in [0.2, 0.25) is 0 Å². The number of carbonyl (C=O) groups is 2. The van der Waals surface area contributed by atoms with E-state index in [0.29, 0.717) is 35.7 Å². The van der Waals surface area contributed by atoms with E-state index in [-0.39, 0.29) is 11.8 Å². The summed E-state index contributed by atoms with van der Waals surface area (Å²) < 4.78 is 11.3. The maximum Gasteiger partial charge on any atom is 0.338 e. The Hall–Kier alpha value is -2.62. The molecule has 0 saturated heterocycles. The Labute approximate surface area is 187 Å². The molecular formula is C27H36O4. The van der Waals surface area contributed by atoms with Gasteiger partial charge in [0.25, 0.3) is 0 Å². The fourth-order valence-corrected chi connectivity index (χ4v) is 3.37. The zero-order valence-corrected chi connectivity index (χ0v) is 19.2. The molecule has 4 nitrogen and oxygen atoms in total. The van der Waals surface area contributed by atoms with Crippen molar-refractivity contribution in [1.82, 2.24) is 0 Å². The lowest BCUT2D eigenvalue weighted by atomic mass is 9.99. The Morgan fingerprint density at radius 2 is 1.45 bits per heavy atom. The van der Waals surface area contributed by atoms with Gasteiger partial charge in [-0.25, -0.2) is 4.79 Å². The summed E-state index contributed by atoms with van der Waals surface area (Å²) in [6.45, 7) is 7.30. The molecule has 0 aliphatic rings. The summed E-state index contributed by atoms with van der Waals surface area (Å²) in [6, 6.07) is 12.4. The van der Waals surface area contributed by atoms with Crippen LogP contribution in [0, 0.1) is 6.92 Å². The highest BCUT2D eigenvalue weighted by atomic mass is 16.5. The van der Waals surface area contributed by atoms with Crippen molar-refractivity contribution >= 4 is 11.8 Å². The van der Waals surface area contributed by atoms with Crippen LogP contribution in [-0.2, 0) is 4.74 Å². The van der Waals surface area contributed by atoms with Gasteiger partial charge < -0.3 is 9.47 Å². The summed E-state index contributed by atoms with van der Waals surface area (Å²) in [4.78, 5) is 25.6. The molecule has 0 N–H and O–H groups in total. The molecule has 0 bridgehead atoms. The van der Waals surface area contributed by atoms with Crippen molar-refractivity contribution in [3.05, 3.63) is 64.7 Å². The Balaban J connectivity index is 2.07. The second kappa shape index (κ2) is 13.6. The van der Waals surface area contributed by atoms with Gasteiger partial charge in [0.05, 0.1) is 24.3 Å². The smallest absolute Gasteiger partial charge is 0.338 e. The summed E-state index contributed by atoms with van der Waals surface area (Å²) in [5, 5.41) is 0. The summed E-state index contributed by atoms with van der Waals surface area (Å²) in [5.41, 5.74) is 2.42. The summed E-state index contributed by atoms with van der Waals surface area (Å²) in [5.74, 6) is 0.0639. The predicted molar refractivity (Wildman–Crippen MR) is 125 cm³/mol. The third-order valence-corrected chi connectivity index (χ3v) is 5.23. The fourth-order valence-electron chi connectivity index (χ4n) is 3.37. The van der Waals surface area contributed by atoms with Crippen molar-refractivity contribution in [3.8, 4) is 5.75 Å². The number of carbonyl (C=O) groups excluding carboxylic acids is 2. The first kappa shape index (κ1) is 24.6. The molecule has 0 aliphatic heterocycles. The van der Waals surface area contributed by atoms with Gasteiger partial charge in [-0.2, -0.15) is 0 Å². The van der Waals surface area contributed by atoms with Crippen LogP contribution in [0.4, 0.5) is 0 Å². The van der Waals surface area contributed by atoms with E-state index in [2.05, 4.69) is 13.8 Å². The molecule has 0 aromatic heterocycles. The van der Waals surface area contributed by atoms with Crippen LogP contribution in [0.3, 0.4) is 0 Å². The topological polar surface area (TPSA) is 52.6 Å². The first-order valence-electron chi connectivity index (χ1n) is 11.6. The SMILES string of the molecule is CCCCCCOC(=O)c1cccc(C(=O)c2ccc(C)cc2OCCCCCC)c1. The van der Waals surface area contributed by atoms with Gasteiger partial charge in [-0.05, 0) is 49.6 Å². The Kier molecular flexibility index (Phi) is 10.8. The van der Waals surface area contributed by atoms with E-state index in [1.807, 2.05) is 19.1 Å². The Morgan fingerprint density at radius 3 is 2.16 bits per heavy atom. The number of aryl methyl sites for hydroxylation is 1. The number of hydrogen-bond donors (Lipinski definition) is 0. The normalized spacial score (nSPS) is 10.7. The van der Waals surface area contributed by atoms with Crippen LogP contribution in [-0.4, -0.2) is 25.0 Å². The lowest BCUT2D eigenvalue weighted by Gasteiger charge is -2.12. The highest BCUT2D eigenvalue weighted by Crippen LogP contribution is 2.24. The fraction of sp³-hybridized carbons (Fsp3) is 0.481. The molecule has 2 rings (SSSR count). The highest BCUT2D eigenvalue weighted by molar-refractivity contribution is 6.11. The molecule has 0 atom stereocenters. The molecule has 2 aromatic rings. The molecule has 0 unspecified atom stereocenters. The Bertz CT molecular complexity index is 841. The van der Waals surface area contributed by atoms with E-state index in [0.717, 1.165) is 44.1 Å². The van der Waals surface area contributed by atoms with E-state index < -0.39 is 0 Å². The van der Waals surface area contributed by atoms with Gasteiger partial charge in [0.15, 0.2) is 5.78 Å². The number of benzene rings is 2. The minimum atomic E-state index is -0.387. The van der Waals surface area contributed by atoms with Crippen molar-refractivity contribution in [2.45, 2.75) is 72.1 Å². The average Bonchev–Trinajstić information content (AvgIpc) is 2.78. The quantitative estimate of drug-likeness (QED) is 0.188. The van der Waals surface area contributed by atoms with Gasteiger partial charge >= 0.3 is 5.97 Å². The first-order valence-corrected chi connectivity index (χ1v) is 11.6. The van der Waals surface area contributed by atoms with E-state index in [4.69, 9.17) is 9.47 Å². The van der Waals surface area contributed by atoms with Crippen molar-refractivity contribution in [2.24, 2.45) is 0 Å². The second-order valence-corrected chi connectivity index (χ2v) is 8.02. The maximum absolute atomic E-state index is 13.2. The van der Waals surface area contributed by atoms with E-state index >= 15 is 0 Å². The third kappa shape index (κ3) is 8.20. The minimum absolute atomic E-state index is 0.152. The zero-order chi connectivity index (χ0) is 22.5. The van der Waals surface area contributed by atoms with Crippen molar-refractivity contribution < 1.29 is 19.1 Å². The van der Waals surface area contributed by atoms with Gasteiger partial charge in [0.2, 0.25) is 0 Å². The number of unbranched alkanes of at least 4 members (excludes halogenated alkanes) is 6. The van der Waals surface area contributed by atoms with E-state index in [9.17, 15) is 9.59 Å².